The monoisotopic (exact) mass is 256 g/mol. The summed E-state index contributed by atoms with van der Waals surface area (Å²) in [6.07, 6.45) is 2.67. The quantitative estimate of drug-likeness (QED) is 0.508. The van der Waals surface area contributed by atoms with Crippen LogP contribution in [0.1, 0.15) is 89.0 Å². The second-order valence-electron chi connectivity index (χ2n) is 8.12. The summed E-state index contributed by atoms with van der Waals surface area (Å²) in [5, 5.41) is 0. The molecule has 0 N–H and O–H groups in total. The first-order chi connectivity index (χ1) is 7.96. The van der Waals surface area contributed by atoms with Crippen LogP contribution in [0.15, 0.2) is 0 Å². The molecule has 0 bridgehead atoms. The van der Waals surface area contributed by atoms with Crippen LogP contribution < -0.4 is 0 Å². The van der Waals surface area contributed by atoms with E-state index >= 15 is 0 Å². The lowest BCUT2D eigenvalue weighted by Gasteiger charge is -2.39. The molecule has 0 heterocycles. The third-order valence-corrected chi connectivity index (χ3v) is 3.95. The summed E-state index contributed by atoms with van der Waals surface area (Å²) >= 11 is 0. The van der Waals surface area contributed by atoms with Crippen molar-refractivity contribution in [2.24, 2.45) is 28.6 Å². The lowest BCUT2D eigenvalue weighted by Crippen LogP contribution is -2.30. The van der Waals surface area contributed by atoms with Gasteiger partial charge in [0.25, 0.3) is 0 Å². The van der Waals surface area contributed by atoms with Crippen LogP contribution in [0.2, 0.25) is 0 Å². The van der Waals surface area contributed by atoms with E-state index in [1.165, 1.54) is 12.8 Å². The molecule has 0 saturated carbocycles. The second kappa shape index (κ2) is 8.23. The maximum atomic E-state index is 2.44. The van der Waals surface area contributed by atoms with E-state index in [0.29, 0.717) is 10.8 Å². The highest BCUT2D eigenvalue weighted by molar-refractivity contribution is 4.82. The molecule has 0 saturated heterocycles. The van der Waals surface area contributed by atoms with Gasteiger partial charge in [0.15, 0.2) is 0 Å². The van der Waals surface area contributed by atoms with Crippen molar-refractivity contribution in [1.82, 2.24) is 0 Å². The highest BCUT2D eigenvalue weighted by Gasteiger charge is 2.32. The van der Waals surface area contributed by atoms with Gasteiger partial charge in [-0.1, -0.05) is 76.2 Å². The Kier molecular flexibility index (Phi) is 9.29. The van der Waals surface area contributed by atoms with Gasteiger partial charge < -0.3 is 0 Å². The summed E-state index contributed by atoms with van der Waals surface area (Å²) in [7, 11) is 0. The first kappa shape index (κ1) is 20.3. The Hall–Kier alpha value is 0. The van der Waals surface area contributed by atoms with Crippen LogP contribution in [-0.4, -0.2) is 0 Å². The third-order valence-electron chi connectivity index (χ3n) is 3.95. The number of hydrogen-bond acceptors (Lipinski definition) is 0. The van der Waals surface area contributed by atoms with Gasteiger partial charge in [-0.05, 0) is 41.4 Å². The van der Waals surface area contributed by atoms with E-state index in [4.69, 9.17) is 0 Å². The minimum absolute atomic E-state index is 0.460. The number of rotatable bonds is 5. The van der Waals surface area contributed by atoms with Crippen LogP contribution in [0.4, 0.5) is 0 Å². The van der Waals surface area contributed by atoms with E-state index in [-0.39, 0.29) is 0 Å². The molecular formula is C18H40. The lowest BCUT2D eigenvalue weighted by molar-refractivity contribution is 0.108. The lowest BCUT2D eigenvalue weighted by atomic mass is 9.66. The van der Waals surface area contributed by atoms with Crippen molar-refractivity contribution in [3.05, 3.63) is 0 Å². The van der Waals surface area contributed by atoms with Gasteiger partial charge in [0.1, 0.15) is 0 Å². The Morgan fingerprint density at radius 1 is 0.722 bits per heavy atom. The Balaban J connectivity index is 0. The highest BCUT2D eigenvalue weighted by atomic mass is 14.4. The molecule has 2 unspecified atom stereocenters. The first-order valence-corrected chi connectivity index (χ1v) is 7.96. The fraction of sp³-hybridized carbons (Fsp3) is 1.00. The molecule has 0 aliphatic carbocycles. The molecule has 0 aliphatic heterocycles. The third kappa shape index (κ3) is 9.00. The molecule has 0 spiro atoms. The average molecular weight is 257 g/mol. The molecular weight excluding hydrogens is 216 g/mol. The topological polar surface area (TPSA) is 0 Å². The van der Waals surface area contributed by atoms with Crippen LogP contribution in [0.3, 0.4) is 0 Å². The predicted octanol–water partition coefficient (Wildman–Crippen LogP) is 6.79. The average Bonchev–Trinajstić information content (AvgIpc) is 2.15. The molecule has 18 heavy (non-hydrogen) atoms. The van der Waals surface area contributed by atoms with Crippen LogP contribution in [0.25, 0.3) is 0 Å². The van der Waals surface area contributed by atoms with Gasteiger partial charge in [-0.25, -0.2) is 0 Å². The predicted molar refractivity (Wildman–Crippen MR) is 87.0 cm³/mol. The molecule has 0 aromatic carbocycles. The van der Waals surface area contributed by atoms with Crippen molar-refractivity contribution in [2.45, 2.75) is 89.0 Å². The van der Waals surface area contributed by atoms with Gasteiger partial charge in [-0.2, -0.15) is 0 Å². The summed E-state index contributed by atoms with van der Waals surface area (Å²) in [6, 6.07) is 0. The summed E-state index contributed by atoms with van der Waals surface area (Å²) in [5.74, 6) is 2.42. The van der Waals surface area contributed by atoms with E-state index in [0.717, 1.165) is 17.8 Å². The Morgan fingerprint density at radius 2 is 1.11 bits per heavy atom. The van der Waals surface area contributed by atoms with Gasteiger partial charge >= 0.3 is 0 Å². The second-order valence-corrected chi connectivity index (χ2v) is 8.12. The normalized spacial score (nSPS) is 16.0. The van der Waals surface area contributed by atoms with E-state index in [9.17, 15) is 0 Å². The summed E-state index contributed by atoms with van der Waals surface area (Å²) in [6.45, 7) is 25.5. The van der Waals surface area contributed by atoms with Crippen molar-refractivity contribution in [3.8, 4) is 0 Å². The van der Waals surface area contributed by atoms with E-state index in [1.54, 1.807) is 0 Å². The van der Waals surface area contributed by atoms with E-state index in [2.05, 4.69) is 62.3 Å². The number of hydrogen-bond donors (Lipinski definition) is 0. The summed E-state index contributed by atoms with van der Waals surface area (Å²) < 4.78 is 0. The van der Waals surface area contributed by atoms with Crippen LogP contribution >= 0.6 is 0 Å². The summed E-state index contributed by atoms with van der Waals surface area (Å²) in [5.41, 5.74) is 0.931. The first-order valence-electron chi connectivity index (χ1n) is 7.96. The SMILES string of the molecule is CC.CC(C)CC(C)(C)C(C)C(C)CC(C)(C)C. The standard InChI is InChI=1S/C16H34.C2H6/c1-12(2)10-16(8,9)14(4)13(3)11-15(5,6)7;1-2/h12-14H,10-11H2,1-9H3;1-2H3. The van der Waals surface area contributed by atoms with Crippen LogP contribution in [0, 0.1) is 28.6 Å². The molecule has 0 aromatic rings. The Labute approximate surface area is 118 Å². The van der Waals surface area contributed by atoms with Crippen molar-refractivity contribution in [3.63, 3.8) is 0 Å². The van der Waals surface area contributed by atoms with Crippen LogP contribution in [0.5, 0.6) is 0 Å². The zero-order valence-corrected chi connectivity index (χ0v) is 15.1. The van der Waals surface area contributed by atoms with Gasteiger partial charge in [0.05, 0.1) is 0 Å². The van der Waals surface area contributed by atoms with Crippen molar-refractivity contribution < 1.29 is 0 Å². The van der Waals surface area contributed by atoms with Crippen molar-refractivity contribution in [1.29, 1.82) is 0 Å². The fourth-order valence-electron chi connectivity index (χ4n) is 3.15. The molecule has 0 radical (unpaired) electrons. The van der Waals surface area contributed by atoms with Gasteiger partial charge in [0.2, 0.25) is 0 Å². The molecule has 0 amide bonds. The smallest absolute Gasteiger partial charge is 0.0324 e. The maximum absolute atomic E-state index is 2.44. The largest absolute Gasteiger partial charge is 0.0683 e. The fourth-order valence-corrected chi connectivity index (χ4v) is 3.15. The molecule has 0 heteroatoms. The molecule has 0 nitrogen and oxygen atoms in total. The van der Waals surface area contributed by atoms with E-state index in [1.807, 2.05) is 13.8 Å². The van der Waals surface area contributed by atoms with Gasteiger partial charge in [-0.15, -0.1) is 0 Å². The van der Waals surface area contributed by atoms with Crippen LogP contribution in [-0.2, 0) is 0 Å². The molecule has 0 aromatic heterocycles. The Bertz CT molecular complexity index is 193. The zero-order chi connectivity index (χ0) is 15.1. The van der Waals surface area contributed by atoms with Gasteiger partial charge in [-0.3, -0.25) is 0 Å². The molecule has 2 atom stereocenters. The minimum atomic E-state index is 0.460. The maximum Gasteiger partial charge on any atom is -0.0324 e. The molecule has 0 fully saturated rings. The molecule has 112 valence electrons. The zero-order valence-electron chi connectivity index (χ0n) is 15.1. The van der Waals surface area contributed by atoms with E-state index < -0.39 is 0 Å². The summed E-state index contributed by atoms with van der Waals surface area (Å²) in [4.78, 5) is 0. The Morgan fingerprint density at radius 3 is 1.39 bits per heavy atom. The highest BCUT2D eigenvalue weighted by Crippen LogP contribution is 2.41. The van der Waals surface area contributed by atoms with Crippen molar-refractivity contribution >= 4 is 0 Å². The minimum Gasteiger partial charge on any atom is -0.0683 e. The van der Waals surface area contributed by atoms with Crippen molar-refractivity contribution in [2.75, 3.05) is 0 Å². The molecule has 0 aliphatic rings. The van der Waals surface area contributed by atoms with Gasteiger partial charge in [0, 0.05) is 0 Å². The molecule has 0 rings (SSSR count).